The number of amides is 2. The summed E-state index contributed by atoms with van der Waals surface area (Å²) in [7, 11) is 0. The van der Waals surface area contributed by atoms with Crippen molar-refractivity contribution in [2.45, 2.75) is 32.8 Å². The van der Waals surface area contributed by atoms with E-state index in [1.807, 2.05) is 44.2 Å². The maximum absolute atomic E-state index is 12.6. The van der Waals surface area contributed by atoms with Crippen LogP contribution in [0.5, 0.6) is 0 Å². The number of benzene rings is 1. The van der Waals surface area contributed by atoms with Crippen LogP contribution in [0.25, 0.3) is 11.4 Å². The Labute approximate surface area is 164 Å². The largest absolute Gasteiger partial charge is 0.389 e. The molecule has 0 spiro atoms. The fourth-order valence-corrected chi connectivity index (χ4v) is 3.24. The van der Waals surface area contributed by atoms with Crippen LogP contribution in [0.1, 0.15) is 26.2 Å². The minimum atomic E-state index is -0.748. The molecule has 1 N–H and O–H groups in total. The predicted octanol–water partition coefficient (Wildman–Crippen LogP) is 1.36. The summed E-state index contributed by atoms with van der Waals surface area (Å²) < 4.78 is 5.23. The van der Waals surface area contributed by atoms with Gasteiger partial charge in [0.05, 0.1) is 12.6 Å². The molecule has 2 amide bonds. The van der Waals surface area contributed by atoms with Gasteiger partial charge in [0.2, 0.25) is 23.5 Å². The molecule has 150 valence electrons. The van der Waals surface area contributed by atoms with Crippen LogP contribution in [0.3, 0.4) is 0 Å². The Hall–Kier alpha value is -2.74. The van der Waals surface area contributed by atoms with Crippen LogP contribution in [0.15, 0.2) is 34.9 Å². The minimum absolute atomic E-state index is 0.0122. The van der Waals surface area contributed by atoms with Gasteiger partial charge >= 0.3 is 0 Å². The number of carbonyl (C=O) groups excluding carboxylic acids is 2. The number of aromatic nitrogens is 2. The van der Waals surface area contributed by atoms with E-state index in [2.05, 4.69) is 10.1 Å². The smallest absolute Gasteiger partial charge is 0.242 e. The summed E-state index contributed by atoms with van der Waals surface area (Å²) in [5.41, 5.74) is 0.843. The number of rotatable bonds is 6. The van der Waals surface area contributed by atoms with Crippen LogP contribution in [-0.4, -0.2) is 69.1 Å². The van der Waals surface area contributed by atoms with Crippen molar-refractivity contribution in [3.8, 4) is 11.4 Å². The van der Waals surface area contributed by atoms with E-state index in [1.165, 1.54) is 4.90 Å². The average Bonchev–Trinajstić information content (AvgIpc) is 3.09. The molecule has 0 saturated carbocycles. The average molecular weight is 386 g/mol. The van der Waals surface area contributed by atoms with Gasteiger partial charge in [0.15, 0.2) is 0 Å². The van der Waals surface area contributed by atoms with E-state index in [-0.39, 0.29) is 44.3 Å². The lowest BCUT2D eigenvalue weighted by atomic mass is 10.2. The van der Waals surface area contributed by atoms with Gasteiger partial charge in [-0.15, -0.1) is 0 Å². The van der Waals surface area contributed by atoms with Gasteiger partial charge in [-0.2, -0.15) is 4.98 Å². The zero-order valence-corrected chi connectivity index (χ0v) is 16.2. The number of carbonyl (C=O) groups is 2. The first-order valence-electron chi connectivity index (χ1n) is 9.54. The maximum atomic E-state index is 12.6. The highest BCUT2D eigenvalue weighted by molar-refractivity contribution is 5.85. The lowest BCUT2D eigenvalue weighted by Crippen LogP contribution is -2.40. The van der Waals surface area contributed by atoms with Gasteiger partial charge in [0, 0.05) is 38.0 Å². The molecule has 1 saturated heterocycles. The lowest BCUT2D eigenvalue weighted by Gasteiger charge is -2.23. The number of aryl methyl sites for hydroxylation is 1. The highest BCUT2D eigenvalue weighted by atomic mass is 16.5. The summed E-state index contributed by atoms with van der Waals surface area (Å²) in [5, 5.41) is 14.1. The molecule has 1 atom stereocenters. The van der Waals surface area contributed by atoms with Crippen LogP contribution in [-0.2, 0) is 16.0 Å². The Bertz CT molecular complexity index is 806. The van der Waals surface area contributed by atoms with Crippen molar-refractivity contribution in [2.24, 2.45) is 5.92 Å². The molecule has 2 aromatic rings. The van der Waals surface area contributed by atoms with Gasteiger partial charge in [-0.05, 0) is 5.92 Å². The number of hydrogen-bond acceptors (Lipinski definition) is 6. The van der Waals surface area contributed by atoms with Crippen molar-refractivity contribution < 1.29 is 19.2 Å². The molecule has 1 aliphatic heterocycles. The standard InChI is InChI=1S/C20H26N4O4/c1-14(2)10-23-11-16(25)12-24(13-19(23)27)18(26)9-8-17-21-20(22-28-17)15-6-4-3-5-7-15/h3-7,14,16,25H,8-13H2,1-2H3. The molecule has 1 aliphatic rings. The van der Waals surface area contributed by atoms with E-state index in [9.17, 15) is 14.7 Å². The molecule has 1 aromatic carbocycles. The van der Waals surface area contributed by atoms with Gasteiger partial charge in [-0.1, -0.05) is 49.3 Å². The molecule has 0 radical (unpaired) electrons. The monoisotopic (exact) mass is 386 g/mol. The zero-order valence-electron chi connectivity index (χ0n) is 16.2. The number of aliphatic hydroxyl groups is 1. The van der Waals surface area contributed by atoms with Crippen molar-refractivity contribution in [3.05, 3.63) is 36.2 Å². The van der Waals surface area contributed by atoms with Gasteiger partial charge in [0.25, 0.3) is 0 Å². The van der Waals surface area contributed by atoms with E-state index in [0.717, 1.165) is 5.56 Å². The summed E-state index contributed by atoms with van der Waals surface area (Å²) in [6.07, 6.45) is -0.322. The summed E-state index contributed by atoms with van der Waals surface area (Å²) in [6.45, 7) is 5.00. The third-order valence-electron chi connectivity index (χ3n) is 4.53. The second kappa shape index (κ2) is 8.97. The zero-order chi connectivity index (χ0) is 20.1. The van der Waals surface area contributed by atoms with Crippen LogP contribution >= 0.6 is 0 Å². The first kappa shape index (κ1) is 20.0. The van der Waals surface area contributed by atoms with Crippen molar-refractivity contribution in [1.82, 2.24) is 19.9 Å². The molecule has 0 aliphatic carbocycles. The first-order chi connectivity index (χ1) is 13.4. The number of aliphatic hydroxyl groups excluding tert-OH is 1. The van der Waals surface area contributed by atoms with Crippen LogP contribution < -0.4 is 0 Å². The molecular weight excluding hydrogens is 360 g/mol. The first-order valence-corrected chi connectivity index (χ1v) is 9.54. The van der Waals surface area contributed by atoms with E-state index in [1.54, 1.807) is 4.90 Å². The topological polar surface area (TPSA) is 99.8 Å². The molecule has 2 heterocycles. The van der Waals surface area contributed by atoms with Crippen LogP contribution in [0.2, 0.25) is 0 Å². The van der Waals surface area contributed by atoms with Crippen molar-refractivity contribution >= 4 is 11.8 Å². The third kappa shape index (κ3) is 5.16. The van der Waals surface area contributed by atoms with Gasteiger partial charge in [-0.25, -0.2) is 0 Å². The Morgan fingerprint density at radius 3 is 2.75 bits per heavy atom. The van der Waals surface area contributed by atoms with Crippen LogP contribution in [0.4, 0.5) is 0 Å². The fraction of sp³-hybridized carbons (Fsp3) is 0.500. The Balaban J connectivity index is 1.57. The van der Waals surface area contributed by atoms with Crippen molar-refractivity contribution in [3.63, 3.8) is 0 Å². The molecule has 0 bridgehead atoms. The number of β-amino-alcohol motifs (C(OH)–C–C–N with tert-alkyl or cyclic N) is 1. The molecule has 1 aromatic heterocycles. The van der Waals surface area contributed by atoms with E-state index < -0.39 is 6.10 Å². The Kier molecular flexibility index (Phi) is 6.41. The molecule has 3 rings (SSSR count). The van der Waals surface area contributed by atoms with E-state index >= 15 is 0 Å². The van der Waals surface area contributed by atoms with Crippen molar-refractivity contribution in [2.75, 3.05) is 26.2 Å². The SMILES string of the molecule is CC(C)CN1CC(O)CN(C(=O)CCc2nc(-c3ccccc3)no2)CC1=O. The molecule has 8 nitrogen and oxygen atoms in total. The summed E-state index contributed by atoms with van der Waals surface area (Å²) in [5.74, 6) is 0.804. The van der Waals surface area contributed by atoms with Crippen molar-refractivity contribution in [1.29, 1.82) is 0 Å². The minimum Gasteiger partial charge on any atom is -0.389 e. The normalized spacial score (nSPS) is 17.9. The molecule has 1 unspecified atom stereocenters. The second-order valence-electron chi connectivity index (χ2n) is 7.50. The quantitative estimate of drug-likeness (QED) is 0.805. The van der Waals surface area contributed by atoms with Gasteiger partial charge < -0.3 is 19.4 Å². The highest BCUT2D eigenvalue weighted by Gasteiger charge is 2.29. The summed E-state index contributed by atoms with van der Waals surface area (Å²) in [4.78, 5) is 32.4. The predicted molar refractivity (Wildman–Crippen MR) is 102 cm³/mol. The highest BCUT2D eigenvalue weighted by Crippen LogP contribution is 2.16. The molecule has 28 heavy (non-hydrogen) atoms. The van der Waals surface area contributed by atoms with Gasteiger partial charge in [-0.3, -0.25) is 9.59 Å². The lowest BCUT2D eigenvalue weighted by molar-refractivity contribution is -0.139. The molecule has 8 heteroatoms. The molecular formula is C20H26N4O4. The maximum Gasteiger partial charge on any atom is 0.242 e. The van der Waals surface area contributed by atoms with E-state index in [0.29, 0.717) is 24.2 Å². The molecule has 1 fully saturated rings. The van der Waals surface area contributed by atoms with Crippen LogP contribution in [0, 0.1) is 5.92 Å². The second-order valence-corrected chi connectivity index (χ2v) is 7.50. The fourth-order valence-electron chi connectivity index (χ4n) is 3.24. The van der Waals surface area contributed by atoms with Gasteiger partial charge in [0.1, 0.15) is 0 Å². The number of hydrogen-bond donors (Lipinski definition) is 1. The Morgan fingerprint density at radius 2 is 2.04 bits per heavy atom. The number of nitrogens with zero attached hydrogens (tertiary/aromatic N) is 4. The Morgan fingerprint density at radius 1 is 1.29 bits per heavy atom. The third-order valence-corrected chi connectivity index (χ3v) is 4.53. The van der Waals surface area contributed by atoms with E-state index in [4.69, 9.17) is 4.52 Å². The summed E-state index contributed by atoms with van der Waals surface area (Å²) >= 11 is 0. The summed E-state index contributed by atoms with van der Waals surface area (Å²) in [6, 6.07) is 9.44.